The van der Waals surface area contributed by atoms with Crippen molar-refractivity contribution in [3.63, 3.8) is 0 Å². The molecule has 0 saturated heterocycles. The summed E-state index contributed by atoms with van der Waals surface area (Å²) in [6, 6.07) is 17.2. The topological polar surface area (TPSA) is 59.8 Å². The number of anilines is 1. The van der Waals surface area contributed by atoms with Gasteiger partial charge in [-0.3, -0.25) is 4.79 Å². The summed E-state index contributed by atoms with van der Waals surface area (Å²) in [5, 5.41) is 7.55. The maximum absolute atomic E-state index is 12.3. The second-order valence-corrected chi connectivity index (χ2v) is 7.29. The van der Waals surface area contributed by atoms with Crippen LogP contribution in [0.2, 0.25) is 0 Å². The maximum Gasteiger partial charge on any atom is 0.237 e. The highest BCUT2D eigenvalue weighted by molar-refractivity contribution is 9.10. The summed E-state index contributed by atoms with van der Waals surface area (Å²) in [5.74, 6) is -0.0887. The minimum atomic E-state index is -0.310. The number of hydrogen-bond donors (Lipinski definition) is 1. The van der Waals surface area contributed by atoms with Crippen LogP contribution < -0.4 is 5.32 Å². The lowest BCUT2D eigenvalue weighted by Crippen LogP contribution is -2.22. The third kappa shape index (κ3) is 4.24. The van der Waals surface area contributed by atoms with Crippen molar-refractivity contribution in [2.24, 2.45) is 0 Å². The molecule has 0 spiro atoms. The number of nitrogens with zero attached hydrogens (tertiary/aromatic N) is 3. The van der Waals surface area contributed by atoms with Crippen molar-refractivity contribution in [1.82, 2.24) is 14.8 Å². The number of hydrogen-bond acceptors (Lipinski definition) is 4. The van der Waals surface area contributed by atoms with E-state index in [0.717, 1.165) is 15.8 Å². The molecular weight excluding hydrogens is 388 g/mol. The van der Waals surface area contributed by atoms with E-state index in [1.807, 2.05) is 61.5 Å². The van der Waals surface area contributed by atoms with Crippen molar-refractivity contribution >= 4 is 39.3 Å². The Bertz CT molecular complexity index is 837. The van der Waals surface area contributed by atoms with E-state index in [1.165, 1.54) is 11.8 Å². The Balaban J connectivity index is 1.63. The van der Waals surface area contributed by atoms with E-state index >= 15 is 0 Å². The van der Waals surface area contributed by atoms with Gasteiger partial charge in [-0.2, -0.15) is 0 Å². The molecule has 1 atom stereocenters. The van der Waals surface area contributed by atoms with Crippen LogP contribution in [-0.2, 0) is 4.79 Å². The van der Waals surface area contributed by atoms with Crippen molar-refractivity contribution in [3.05, 3.63) is 65.4 Å². The van der Waals surface area contributed by atoms with Crippen LogP contribution in [-0.4, -0.2) is 25.9 Å². The van der Waals surface area contributed by atoms with Gasteiger partial charge in [0.2, 0.25) is 11.1 Å². The molecule has 1 N–H and O–H groups in total. The van der Waals surface area contributed by atoms with Gasteiger partial charge in [-0.15, -0.1) is 5.10 Å². The van der Waals surface area contributed by atoms with Crippen LogP contribution in [0.3, 0.4) is 0 Å². The number of carbonyl (C=O) groups excluding carboxylic acids is 1. The van der Waals surface area contributed by atoms with Crippen molar-refractivity contribution in [1.29, 1.82) is 0 Å². The summed E-state index contributed by atoms with van der Waals surface area (Å²) in [6.45, 7) is 1.83. The van der Waals surface area contributed by atoms with Gasteiger partial charge in [0.1, 0.15) is 6.33 Å². The summed E-state index contributed by atoms with van der Waals surface area (Å²) in [5.41, 5.74) is 1.69. The Labute approximate surface area is 152 Å². The average Bonchev–Trinajstić information content (AvgIpc) is 3.04. The Morgan fingerprint density at radius 2 is 2.00 bits per heavy atom. The van der Waals surface area contributed by atoms with Crippen molar-refractivity contribution < 1.29 is 4.79 Å². The number of nitrogens with one attached hydrogen (secondary N) is 1. The molecule has 3 aromatic rings. The van der Waals surface area contributed by atoms with Gasteiger partial charge in [-0.05, 0) is 37.3 Å². The van der Waals surface area contributed by atoms with Gasteiger partial charge >= 0.3 is 0 Å². The highest BCUT2D eigenvalue weighted by Crippen LogP contribution is 2.22. The maximum atomic E-state index is 12.3. The van der Waals surface area contributed by atoms with Crippen LogP contribution in [0.5, 0.6) is 0 Å². The van der Waals surface area contributed by atoms with E-state index in [-0.39, 0.29) is 11.2 Å². The van der Waals surface area contributed by atoms with Crippen molar-refractivity contribution in [3.8, 4) is 5.69 Å². The van der Waals surface area contributed by atoms with Crippen LogP contribution in [0.4, 0.5) is 5.69 Å². The van der Waals surface area contributed by atoms with Crippen LogP contribution >= 0.6 is 27.7 Å². The fraction of sp³-hybridized carbons (Fsp3) is 0.118. The SMILES string of the molecule is CC(Sc1ncn(-c2ccccc2)n1)C(=O)Nc1cccc(Br)c1. The molecule has 0 aliphatic heterocycles. The van der Waals surface area contributed by atoms with Gasteiger partial charge < -0.3 is 5.32 Å². The molecule has 0 aliphatic carbocycles. The number of halogens is 1. The Morgan fingerprint density at radius 3 is 2.75 bits per heavy atom. The minimum absolute atomic E-state index is 0.0887. The molecule has 7 heteroatoms. The highest BCUT2D eigenvalue weighted by Gasteiger charge is 2.17. The lowest BCUT2D eigenvalue weighted by atomic mass is 10.3. The first-order valence-corrected chi connectivity index (χ1v) is 8.99. The summed E-state index contributed by atoms with van der Waals surface area (Å²) in [7, 11) is 0. The van der Waals surface area contributed by atoms with Gasteiger partial charge in [-0.25, -0.2) is 9.67 Å². The van der Waals surface area contributed by atoms with Crippen molar-refractivity contribution in [2.75, 3.05) is 5.32 Å². The summed E-state index contributed by atoms with van der Waals surface area (Å²) in [4.78, 5) is 16.6. The summed E-state index contributed by atoms with van der Waals surface area (Å²) < 4.78 is 2.62. The van der Waals surface area contributed by atoms with Gasteiger partial charge in [-0.1, -0.05) is 52.0 Å². The molecule has 5 nitrogen and oxygen atoms in total. The molecule has 0 saturated carbocycles. The number of aromatic nitrogens is 3. The second-order valence-electron chi connectivity index (χ2n) is 5.07. The lowest BCUT2D eigenvalue weighted by molar-refractivity contribution is -0.115. The normalized spacial score (nSPS) is 11.9. The average molecular weight is 403 g/mol. The van der Waals surface area contributed by atoms with Gasteiger partial charge in [0.05, 0.1) is 10.9 Å². The number of amides is 1. The molecule has 2 aromatic carbocycles. The Hall–Kier alpha value is -2.12. The number of carbonyl (C=O) groups is 1. The summed E-state index contributed by atoms with van der Waals surface area (Å²) in [6.07, 6.45) is 1.65. The molecule has 0 bridgehead atoms. The third-order valence-electron chi connectivity index (χ3n) is 3.24. The van der Waals surface area contributed by atoms with E-state index in [9.17, 15) is 4.79 Å². The highest BCUT2D eigenvalue weighted by atomic mass is 79.9. The molecular formula is C17H15BrN4OS. The second kappa shape index (κ2) is 7.63. The van der Waals surface area contributed by atoms with E-state index in [1.54, 1.807) is 11.0 Å². The third-order valence-corrected chi connectivity index (χ3v) is 4.69. The zero-order chi connectivity index (χ0) is 16.9. The molecule has 1 unspecified atom stereocenters. The van der Waals surface area contributed by atoms with E-state index in [4.69, 9.17) is 0 Å². The quantitative estimate of drug-likeness (QED) is 0.651. The molecule has 0 fully saturated rings. The molecule has 3 rings (SSSR count). The van der Waals surface area contributed by atoms with Gasteiger partial charge in [0, 0.05) is 10.2 Å². The first-order chi connectivity index (χ1) is 11.6. The molecule has 24 heavy (non-hydrogen) atoms. The number of para-hydroxylation sites is 1. The van der Waals surface area contributed by atoms with Crippen molar-refractivity contribution in [2.45, 2.75) is 17.3 Å². The number of benzene rings is 2. The predicted molar refractivity (Wildman–Crippen MR) is 99.4 cm³/mol. The van der Waals surface area contributed by atoms with E-state index in [0.29, 0.717) is 5.16 Å². The molecule has 0 radical (unpaired) electrons. The van der Waals surface area contributed by atoms with E-state index < -0.39 is 0 Å². The summed E-state index contributed by atoms with van der Waals surface area (Å²) >= 11 is 4.71. The zero-order valence-corrected chi connectivity index (χ0v) is 15.3. The van der Waals surface area contributed by atoms with Gasteiger partial charge in [0.25, 0.3) is 0 Å². The van der Waals surface area contributed by atoms with Crippen LogP contribution in [0.1, 0.15) is 6.92 Å². The number of rotatable bonds is 5. The molecule has 0 aliphatic rings. The fourth-order valence-electron chi connectivity index (χ4n) is 2.03. The van der Waals surface area contributed by atoms with Crippen LogP contribution in [0.25, 0.3) is 5.69 Å². The molecule has 122 valence electrons. The smallest absolute Gasteiger partial charge is 0.237 e. The molecule has 1 aromatic heterocycles. The Morgan fingerprint density at radius 1 is 1.21 bits per heavy atom. The first kappa shape index (κ1) is 16.7. The monoisotopic (exact) mass is 402 g/mol. The standard InChI is InChI=1S/C17H15BrN4OS/c1-12(16(23)20-14-7-5-6-13(18)10-14)24-17-19-11-22(21-17)15-8-3-2-4-9-15/h2-12H,1H3,(H,20,23). The fourth-order valence-corrected chi connectivity index (χ4v) is 3.15. The largest absolute Gasteiger partial charge is 0.325 e. The van der Waals surface area contributed by atoms with Gasteiger partial charge in [0.15, 0.2) is 0 Å². The minimum Gasteiger partial charge on any atom is -0.325 e. The molecule has 1 heterocycles. The number of thioether (sulfide) groups is 1. The van der Waals surface area contributed by atoms with Crippen LogP contribution in [0, 0.1) is 0 Å². The molecule has 1 amide bonds. The lowest BCUT2D eigenvalue weighted by Gasteiger charge is -2.10. The first-order valence-electron chi connectivity index (χ1n) is 7.32. The zero-order valence-electron chi connectivity index (χ0n) is 12.9. The van der Waals surface area contributed by atoms with Crippen LogP contribution in [0.15, 0.2) is 70.6 Å². The predicted octanol–water partition coefficient (Wildman–Crippen LogP) is 4.15. The Kier molecular flexibility index (Phi) is 5.32. The van der Waals surface area contributed by atoms with E-state index in [2.05, 4.69) is 31.3 Å².